The second-order valence-electron chi connectivity index (χ2n) is 6.23. The minimum absolute atomic E-state index is 0.0129. The van der Waals surface area contributed by atoms with Gasteiger partial charge in [0.1, 0.15) is 11.6 Å². The molecule has 0 bridgehead atoms. The van der Waals surface area contributed by atoms with Gasteiger partial charge in [-0.15, -0.1) is 0 Å². The van der Waals surface area contributed by atoms with Gasteiger partial charge < -0.3 is 10.4 Å². The number of aliphatic carboxylic acids is 1. The van der Waals surface area contributed by atoms with Gasteiger partial charge in [0, 0.05) is 18.9 Å². The summed E-state index contributed by atoms with van der Waals surface area (Å²) in [5.41, 5.74) is 1.08. The molecule has 0 aliphatic carbocycles. The zero-order valence-corrected chi connectivity index (χ0v) is 14.4. The summed E-state index contributed by atoms with van der Waals surface area (Å²) in [6.45, 7) is 1.69. The molecule has 0 saturated heterocycles. The fraction of sp³-hybridized carbons (Fsp3) is 0.300. The number of carbonyl (C=O) groups is 2. The maximum absolute atomic E-state index is 13.9. The van der Waals surface area contributed by atoms with E-state index in [0.29, 0.717) is 0 Å². The minimum atomic E-state index is -0.943. The van der Waals surface area contributed by atoms with Crippen LogP contribution in [0.5, 0.6) is 0 Å². The van der Waals surface area contributed by atoms with Crippen LogP contribution < -0.4 is 5.32 Å². The SMILES string of the molecule is CC(CC(=O)NC(CCC(=O)O)c1ccccc1)c1ccc(F)cc1F. The molecule has 2 N–H and O–H groups in total. The number of amides is 1. The Morgan fingerprint density at radius 1 is 1.12 bits per heavy atom. The lowest BCUT2D eigenvalue weighted by Crippen LogP contribution is -2.30. The standard InChI is InChI=1S/C20H21F2NO3/c1-13(16-8-7-15(21)12-17(16)22)11-19(24)23-18(9-10-20(25)26)14-5-3-2-4-6-14/h2-8,12-13,18H,9-11H2,1H3,(H,23,24)(H,25,26). The van der Waals surface area contributed by atoms with E-state index in [-0.39, 0.29) is 30.7 Å². The van der Waals surface area contributed by atoms with E-state index in [1.165, 1.54) is 6.07 Å². The minimum Gasteiger partial charge on any atom is -0.481 e. The van der Waals surface area contributed by atoms with Crippen molar-refractivity contribution in [1.29, 1.82) is 0 Å². The Kier molecular flexibility index (Phi) is 6.83. The predicted molar refractivity (Wildman–Crippen MR) is 93.6 cm³/mol. The largest absolute Gasteiger partial charge is 0.481 e. The molecular formula is C20H21F2NO3. The first-order valence-electron chi connectivity index (χ1n) is 8.38. The predicted octanol–water partition coefficient (Wildman–Crippen LogP) is 4.18. The average Bonchev–Trinajstić information content (AvgIpc) is 2.59. The number of carboxylic acid groups (broad SMARTS) is 1. The molecule has 138 valence electrons. The molecule has 1 amide bonds. The third-order valence-electron chi connectivity index (χ3n) is 4.17. The van der Waals surface area contributed by atoms with E-state index in [9.17, 15) is 18.4 Å². The Hall–Kier alpha value is -2.76. The Labute approximate surface area is 150 Å². The van der Waals surface area contributed by atoms with Crippen molar-refractivity contribution >= 4 is 11.9 Å². The first kappa shape index (κ1) is 19.6. The van der Waals surface area contributed by atoms with Crippen molar-refractivity contribution in [2.75, 3.05) is 0 Å². The third-order valence-corrected chi connectivity index (χ3v) is 4.17. The fourth-order valence-electron chi connectivity index (χ4n) is 2.82. The zero-order chi connectivity index (χ0) is 19.1. The summed E-state index contributed by atoms with van der Waals surface area (Å²) < 4.78 is 26.9. The summed E-state index contributed by atoms with van der Waals surface area (Å²) in [5.74, 6) is -3.05. The van der Waals surface area contributed by atoms with Crippen molar-refractivity contribution in [3.05, 3.63) is 71.3 Å². The van der Waals surface area contributed by atoms with Gasteiger partial charge in [-0.3, -0.25) is 9.59 Å². The molecule has 0 spiro atoms. The van der Waals surface area contributed by atoms with Gasteiger partial charge in [0.25, 0.3) is 0 Å². The summed E-state index contributed by atoms with van der Waals surface area (Å²) in [6.07, 6.45) is 0.186. The highest BCUT2D eigenvalue weighted by Gasteiger charge is 2.20. The molecule has 4 nitrogen and oxygen atoms in total. The van der Waals surface area contributed by atoms with Crippen molar-refractivity contribution < 1.29 is 23.5 Å². The van der Waals surface area contributed by atoms with Crippen LogP contribution in [0.4, 0.5) is 8.78 Å². The van der Waals surface area contributed by atoms with Gasteiger partial charge in [0.05, 0.1) is 6.04 Å². The molecular weight excluding hydrogens is 340 g/mol. The van der Waals surface area contributed by atoms with E-state index in [1.54, 1.807) is 6.92 Å². The lowest BCUT2D eigenvalue weighted by Gasteiger charge is -2.20. The van der Waals surface area contributed by atoms with E-state index in [0.717, 1.165) is 17.7 Å². The first-order valence-corrected chi connectivity index (χ1v) is 8.38. The van der Waals surface area contributed by atoms with E-state index >= 15 is 0 Å². The topological polar surface area (TPSA) is 66.4 Å². The lowest BCUT2D eigenvalue weighted by molar-refractivity contribution is -0.137. The molecule has 0 aliphatic heterocycles. The highest BCUT2D eigenvalue weighted by molar-refractivity contribution is 5.77. The molecule has 2 atom stereocenters. The Morgan fingerprint density at radius 2 is 1.81 bits per heavy atom. The van der Waals surface area contributed by atoms with E-state index in [1.807, 2.05) is 30.3 Å². The van der Waals surface area contributed by atoms with Gasteiger partial charge in [-0.05, 0) is 29.5 Å². The summed E-state index contributed by atoms with van der Waals surface area (Å²) in [7, 11) is 0. The van der Waals surface area contributed by atoms with Crippen molar-refractivity contribution in [2.24, 2.45) is 0 Å². The molecule has 0 fully saturated rings. The quantitative estimate of drug-likeness (QED) is 0.741. The van der Waals surface area contributed by atoms with Crippen LogP contribution in [-0.2, 0) is 9.59 Å². The lowest BCUT2D eigenvalue weighted by atomic mass is 9.96. The zero-order valence-electron chi connectivity index (χ0n) is 14.4. The average molecular weight is 361 g/mol. The highest BCUT2D eigenvalue weighted by atomic mass is 19.1. The summed E-state index contributed by atoms with van der Waals surface area (Å²) in [6, 6.07) is 11.9. The van der Waals surface area contributed by atoms with Crippen molar-refractivity contribution in [3.8, 4) is 0 Å². The van der Waals surface area contributed by atoms with Gasteiger partial charge in [0.2, 0.25) is 5.91 Å². The monoisotopic (exact) mass is 361 g/mol. The van der Waals surface area contributed by atoms with E-state index < -0.39 is 29.6 Å². The number of nitrogens with one attached hydrogen (secondary N) is 1. The molecule has 2 unspecified atom stereocenters. The van der Waals surface area contributed by atoms with Gasteiger partial charge >= 0.3 is 5.97 Å². The van der Waals surface area contributed by atoms with Crippen LogP contribution in [0.2, 0.25) is 0 Å². The highest BCUT2D eigenvalue weighted by Crippen LogP contribution is 2.24. The summed E-state index contributed by atoms with van der Waals surface area (Å²) in [5, 5.41) is 11.7. The molecule has 2 aromatic carbocycles. The molecule has 0 saturated carbocycles. The Bertz CT molecular complexity index is 765. The number of rotatable bonds is 8. The Balaban J connectivity index is 2.05. The number of hydrogen-bond donors (Lipinski definition) is 2. The van der Waals surface area contributed by atoms with Gasteiger partial charge in [-0.25, -0.2) is 8.78 Å². The number of halogens is 2. The van der Waals surface area contributed by atoms with Crippen LogP contribution in [0.1, 0.15) is 49.3 Å². The van der Waals surface area contributed by atoms with Crippen molar-refractivity contribution in [2.45, 2.75) is 38.1 Å². The molecule has 6 heteroatoms. The first-order chi connectivity index (χ1) is 12.4. The summed E-state index contributed by atoms with van der Waals surface area (Å²) >= 11 is 0. The molecule has 2 rings (SSSR count). The van der Waals surface area contributed by atoms with Crippen LogP contribution >= 0.6 is 0 Å². The van der Waals surface area contributed by atoms with Crippen molar-refractivity contribution in [1.82, 2.24) is 5.32 Å². The second-order valence-corrected chi connectivity index (χ2v) is 6.23. The second kappa shape index (κ2) is 9.08. The molecule has 0 heterocycles. The van der Waals surface area contributed by atoms with Crippen LogP contribution in [0, 0.1) is 11.6 Å². The maximum atomic E-state index is 13.9. The van der Waals surface area contributed by atoms with Gasteiger partial charge in [0.15, 0.2) is 0 Å². The Morgan fingerprint density at radius 3 is 2.42 bits per heavy atom. The van der Waals surface area contributed by atoms with Gasteiger partial charge in [-0.1, -0.05) is 43.3 Å². The molecule has 26 heavy (non-hydrogen) atoms. The van der Waals surface area contributed by atoms with Crippen LogP contribution in [0.15, 0.2) is 48.5 Å². The molecule has 0 aliphatic rings. The number of hydrogen-bond acceptors (Lipinski definition) is 2. The molecule has 2 aromatic rings. The number of carbonyl (C=O) groups excluding carboxylic acids is 1. The van der Waals surface area contributed by atoms with Crippen LogP contribution in [0.3, 0.4) is 0 Å². The number of carboxylic acids is 1. The molecule has 0 aromatic heterocycles. The molecule has 0 radical (unpaired) electrons. The maximum Gasteiger partial charge on any atom is 0.303 e. The number of benzene rings is 2. The normalized spacial score (nSPS) is 13.0. The van der Waals surface area contributed by atoms with Crippen molar-refractivity contribution in [3.63, 3.8) is 0 Å². The van der Waals surface area contributed by atoms with Crippen LogP contribution in [-0.4, -0.2) is 17.0 Å². The summed E-state index contributed by atoms with van der Waals surface area (Å²) in [4.78, 5) is 23.2. The van der Waals surface area contributed by atoms with Gasteiger partial charge in [-0.2, -0.15) is 0 Å². The van der Waals surface area contributed by atoms with E-state index in [4.69, 9.17) is 5.11 Å². The third kappa shape index (κ3) is 5.65. The fourth-order valence-corrected chi connectivity index (χ4v) is 2.82. The van der Waals surface area contributed by atoms with Crippen LogP contribution in [0.25, 0.3) is 0 Å². The smallest absolute Gasteiger partial charge is 0.303 e. The van der Waals surface area contributed by atoms with E-state index in [2.05, 4.69) is 5.32 Å².